The van der Waals surface area contributed by atoms with Crippen molar-refractivity contribution in [2.75, 3.05) is 13.4 Å². The van der Waals surface area contributed by atoms with Crippen molar-refractivity contribution in [3.8, 4) is 5.75 Å². The summed E-state index contributed by atoms with van der Waals surface area (Å²) in [6.07, 6.45) is 4.41. The Kier molecular flexibility index (Phi) is 5.06. The summed E-state index contributed by atoms with van der Waals surface area (Å²) in [6.45, 7) is 1.90. The van der Waals surface area contributed by atoms with E-state index in [0.29, 0.717) is 11.6 Å². The second-order valence-corrected chi connectivity index (χ2v) is 4.82. The summed E-state index contributed by atoms with van der Waals surface area (Å²) >= 11 is 1.48. The third-order valence-corrected chi connectivity index (χ3v) is 3.25. The fourth-order valence-electron chi connectivity index (χ4n) is 1.58. The maximum atomic E-state index is 5.10. The monoisotopic (exact) mass is 288 g/mol. The van der Waals surface area contributed by atoms with E-state index in [2.05, 4.69) is 20.2 Å². The molecule has 2 aromatic rings. The number of methoxy groups -OCH3 is 1. The van der Waals surface area contributed by atoms with E-state index in [9.17, 15) is 0 Å². The van der Waals surface area contributed by atoms with Gasteiger partial charge in [-0.1, -0.05) is 11.8 Å². The van der Waals surface area contributed by atoms with Gasteiger partial charge in [0.1, 0.15) is 5.75 Å². The zero-order valence-corrected chi connectivity index (χ0v) is 12.5. The predicted octanol–water partition coefficient (Wildman–Crippen LogP) is 2.86. The normalized spacial score (nSPS) is 10.9. The molecule has 0 spiro atoms. The number of aromatic nitrogens is 3. The molecular weight excluding hydrogens is 272 g/mol. The van der Waals surface area contributed by atoms with Crippen molar-refractivity contribution >= 4 is 23.7 Å². The highest BCUT2D eigenvalue weighted by Gasteiger charge is 2.03. The van der Waals surface area contributed by atoms with Gasteiger partial charge in [-0.2, -0.15) is 5.10 Å². The van der Waals surface area contributed by atoms with E-state index < -0.39 is 0 Å². The number of hydrogen-bond acceptors (Lipinski definition) is 6. The minimum absolute atomic E-state index is 0.640. The van der Waals surface area contributed by atoms with Crippen molar-refractivity contribution in [2.24, 2.45) is 4.99 Å². The first-order valence-electron chi connectivity index (χ1n) is 6.13. The molecule has 104 valence electrons. The number of nitrogens with zero attached hydrogens (tertiary/aromatic N) is 4. The number of aliphatic imine (C=N–C) groups is 1. The molecule has 0 bridgehead atoms. The maximum Gasteiger partial charge on any atom is 0.209 e. The lowest BCUT2D eigenvalue weighted by molar-refractivity contribution is 0.415. The van der Waals surface area contributed by atoms with Crippen LogP contribution in [-0.2, 0) is 6.42 Å². The molecule has 5 nitrogen and oxygen atoms in total. The highest BCUT2D eigenvalue weighted by molar-refractivity contribution is 7.98. The molecule has 0 unspecified atom stereocenters. The van der Waals surface area contributed by atoms with Crippen LogP contribution >= 0.6 is 11.8 Å². The quantitative estimate of drug-likeness (QED) is 0.625. The number of benzene rings is 1. The lowest BCUT2D eigenvalue weighted by Crippen LogP contribution is -2.02. The number of hydrogen-bond donors (Lipinski definition) is 0. The Hall–Kier alpha value is -1.95. The molecule has 0 amide bonds. The van der Waals surface area contributed by atoms with Crippen LogP contribution < -0.4 is 4.74 Å². The van der Waals surface area contributed by atoms with E-state index in [0.717, 1.165) is 22.8 Å². The van der Waals surface area contributed by atoms with Crippen LogP contribution in [0.3, 0.4) is 0 Å². The fourth-order valence-corrected chi connectivity index (χ4v) is 1.90. The van der Waals surface area contributed by atoms with Crippen LogP contribution in [0.5, 0.6) is 5.75 Å². The zero-order chi connectivity index (χ0) is 14.4. The predicted molar refractivity (Wildman–Crippen MR) is 81.2 cm³/mol. The molecule has 0 saturated heterocycles. The summed E-state index contributed by atoms with van der Waals surface area (Å²) in [4.78, 5) is 8.83. The molecule has 6 heteroatoms. The Morgan fingerprint density at radius 2 is 2.00 bits per heavy atom. The Bertz CT molecular complexity index is 599. The van der Waals surface area contributed by atoms with Gasteiger partial charge in [0, 0.05) is 12.6 Å². The van der Waals surface area contributed by atoms with Crippen LogP contribution in [-0.4, -0.2) is 34.8 Å². The maximum absolute atomic E-state index is 5.10. The van der Waals surface area contributed by atoms with Gasteiger partial charge in [-0.25, -0.2) is 4.98 Å². The number of ether oxygens (including phenoxy) is 1. The molecule has 0 atom stereocenters. The molecule has 0 aliphatic carbocycles. The topological polar surface area (TPSA) is 60.3 Å². The van der Waals surface area contributed by atoms with Crippen molar-refractivity contribution in [3.63, 3.8) is 0 Å². The van der Waals surface area contributed by atoms with Crippen molar-refractivity contribution in [3.05, 3.63) is 35.7 Å². The third-order valence-electron chi connectivity index (χ3n) is 2.71. The van der Waals surface area contributed by atoms with E-state index in [1.807, 2.05) is 43.7 Å². The first kappa shape index (κ1) is 14.5. The molecule has 1 heterocycles. The van der Waals surface area contributed by atoms with Crippen LogP contribution in [0.25, 0.3) is 0 Å². The van der Waals surface area contributed by atoms with Gasteiger partial charge in [0.05, 0.1) is 24.2 Å². The second kappa shape index (κ2) is 7.00. The van der Waals surface area contributed by atoms with Crippen molar-refractivity contribution < 1.29 is 4.74 Å². The molecule has 1 aromatic heterocycles. The molecule has 0 radical (unpaired) electrons. The van der Waals surface area contributed by atoms with E-state index in [-0.39, 0.29) is 0 Å². The minimum atomic E-state index is 0.640. The SMILES string of the molecule is COc1ccc(N=CCc2nc(SC)nnc2C)cc1. The van der Waals surface area contributed by atoms with Crippen LogP contribution in [0.2, 0.25) is 0 Å². The van der Waals surface area contributed by atoms with Crippen LogP contribution in [0.15, 0.2) is 34.4 Å². The number of aryl methyl sites for hydroxylation is 1. The van der Waals surface area contributed by atoms with Crippen LogP contribution in [0, 0.1) is 6.92 Å². The molecule has 1 aromatic carbocycles. The Morgan fingerprint density at radius 1 is 1.25 bits per heavy atom. The summed E-state index contributed by atoms with van der Waals surface area (Å²) in [5.74, 6) is 0.824. The largest absolute Gasteiger partial charge is 0.497 e. The van der Waals surface area contributed by atoms with E-state index in [1.54, 1.807) is 7.11 Å². The van der Waals surface area contributed by atoms with Gasteiger partial charge in [-0.15, -0.1) is 5.10 Å². The minimum Gasteiger partial charge on any atom is -0.497 e. The van der Waals surface area contributed by atoms with Gasteiger partial charge in [0.15, 0.2) is 0 Å². The van der Waals surface area contributed by atoms with E-state index >= 15 is 0 Å². The summed E-state index contributed by atoms with van der Waals surface area (Å²) in [6, 6.07) is 7.59. The highest BCUT2D eigenvalue weighted by Crippen LogP contribution is 2.17. The molecule has 0 aliphatic heterocycles. The molecule has 0 N–H and O–H groups in total. The molecule has 0 saturated carbocycles. The smallest absolute Gasteiger partial charge is 0.209 e. The van der Waals surface area contributed by atoms with Crippen LogP contribution in [0.4, 0.5) is 5.69 Å². The summed E-state index contributed by atoms with van der Waals surface area (Å²) in [7, 11) is 1.65. The van der Waals surface area contributed by atoms with Gasteiger partial charge in [-0.05, 0) is 37.4 Å². The summed E-state index contributed by atoms with van der Waals surface area (Å²) in [5, 5.41) is 8.76. The number of thioether (sulfide) groups is 1. The van der Waals surface area contributed by atoms with Crippen molar-refractivity contribution in [1.82, 2.24) is 15.2 Å². The fraction of sp³-hybridized carbons (Fsp3) is 0.286. The van der Waals surface area contributed by atoms with Crippen LogP contribution in [0.1, 0.15) is 11.4 Å². The van der Waals surface area contributed by atoms with E-state index in [1.165, 1.54) is 11.8 Å². The van der Waals surface area contributed by atoms with Gasteiger partial charge in [0.2, 0.25) is 5.16 Å². The molecule has 20 heavy (non-hydrogen) atoms. The second-order valence-electron chi connectivity index (χ2n) is 4.04. The lowest BCUT2D eigenvalue weighted by atomic mass is 10.2. The van der Waals surface area contributed by atoms with Gasteiger partial charge in [-0.3, -0.25) is 4.99 Å². The first-order valence-corrected chi connectivity index (χ1v) is 7.36. The Balaban J connectivity index is 2.05. The Morgan fingerprint density at radius 3 is 2.65 bits per heavy atom. The zero-order valence-electron chi connectivity index (χ0n) is 11.7. The average Bonchev–Trinajstić information content (AvgIpc) is 2.50. The lowest BCUT2D eigenvalue weighted by Gasteiger charge is -2.02. The number of rotatable bonds is 5. The van der Waals surface area contributed by atoms with E-state index in [4.69, 9.17) is 4.74 Å². The summed E-state index contributed by atoms with van der Waals surface area (Å²) in [5.41, 5.74) is 2.63. The standard InChI is InChI=1S/C14H16N4OS/c1-10-13(16-14(20-3)18-17-10)8-9-15-11-4-6-12(19-2)7-5-11/h4-7,9H,8H2,1-3H3. The first-order chi connectivity index (χ1) is 9.72. The van der Waals surface area contributed by atoms with Gasteiger partial charge in [0.25, 0.3) is 0 Å². The van der Waals surface area contributed by atoms with Gasteiger partial charge >= 0.3 is 0 Å². The molecule has 2 rings (SSSR count). The molecule has 0 fully saturated rings. The van der Waals surface area contributed by atoms with Gasteiger partial charge < -0.3 is 4.74 Å². The molecule has 0 aliphatic rings. The molecular formula is C14H16N4OS. The average molecular weight is 288 g/mol. The van der Waals surface area contributed by atoms with Crippen molar-refractivity contribution in [1.29, 1.82) is 0 Å². The Labute approximate surface area is 122 Å². The summed E-state index contributed by atoms with van der Waals surface area (Å²) < 4.78 is 5.10. The van der Waals surface area contributed by atoms with Crippen molar-refractivity contribution in [2.45, 2.75) is 18.5 Å². The third kappa shape index (κ3) is 3.77. The highest BCUT2D eigenvalue weighted by atomic mass is 32.2.